The van der Waals surface area contributed by atoms with Crippen molar-refractivity contribution in [1.82, 2.24) is 10.2 Å². The summed E-state index contributed by atoms with van der Waals surface area (Å²) in [6, 6.07) is 5.38. The predicted molar refractivity (Wildman–Crippen MR) is 104 cm³/mol. The number of amides is 2. The molecule has 27 heavy (non-hydrogen) atoms. The number of nitrogens with zero attached hydrogens (tertiary/aromatic N) is 1. The molecular formula is C21H26N2O4. The Morgan fingerprint density at radius 2 is 2.26 bits per heavy atom. The second-order valence-electron chi connectivity index (χ2n) is 7.16. The summed E-state index contributed by atoms with van der Waals surface area (Å²) < 4.78 is 11.2. The number of ether oxygens (including phenoxy) is 1. The summed E-state index contributed by atoms with van der Waals surface area (Å²) in [5.74, 6) is 0.322. The number of fused-ring (bicyclic) bond motifs is 1. The molecule has 2 heterocycles. The molecule has 1 N–H and O–H groups in total. The number of carbonyl (C=O) groups is 2. The van der Waals surface area contributed by atoms with Gasteiger partial charge in [-0.1, -0.05) is 12.7 Å². The van der Waals surface area contributed by atoms with Crippen molar-refractivity contribution >= 4 is 22.8 Å². The van der Waals surface area contributed by atoms with Gasteiger partial charge in [-0.25, -0.2) is 0 Å². The normalized spacial score (nSPS) is 17.1. The Bertz CT molecular complexity index is 840. The van der Waals surface area contributed by atoms with E-state index in [2.05, 4.69) is 11.9 Å². The van der Waals surface area contributed by atoms with Gasteiger partial charge in [-0.2, -0.15) is 0 Å². The van der Waals surface area contributed by atoms with Gasteiger partial charge in [0, 0.05) is 24.7 Å². The Labute approximate surface area is 159 Å². The first kappa shape index (κ1) is 19.0. The van der Waals surface area contributed by atoms with Crippen LogP contribution in [-0.2, 0) is 4.79 Å². The molecule has 2 aromatic rings. The quantitative estimate of drug-likeness (QED) is 0.792. The van der Waals surface area contributed by atoms with Crippen LogP contribution in [0.15, 0.2) is 41.5 Å². The highest BCUT2D eigenvalue weighted by molar-refractivity contribution is 5.99. The zero-order chi connectivity index (χ0) is 19.4. The van der Waals surface area contributed by atoms with Crippen LogP contribution in [0.3, 0.4) is 0 Å². The third-order valence-electron chi connectivity index (χ3n) is 4.65. The maximum Gasteiger partial charge on any atom is 0.254 e. The summed E-state index contributed by atoms with van der Waals surface area (Å²) in [4.78, 5) is 27.1. The molecule has 1 atom stereocenters. The van der Waals surface area contributed by atoms with Gasteiger partial charge in [-0.3, -0.25) is 9.59 Å². The van der Waals surface area contributed by atoms with Gasteiger partial charge in [0.2, 0.25) is 5.91 Å². The van der Waals surface area contributed by atoms with E-state index in [1.54, 1.807) is 29.4 Å². The monoisotopic (exact) mass is 370 g/mol. The maximum atomic E-state index is 13.1. The minimum Gasteiger partial charge on any atom is -0.489 e. The Kier molecular flexibility index (Phi) is 5.84. The molecular weight excluding hydrogens is 344 g/mol. The van der Waals surface area contributed by atoms with Gasteiger partial charge < -0.3 is 19.4 Å². The average molecular weight is 370 g/mol. The molecule has 3 rings (SSSR count). The topological polar surface area (TPSA) is 71.8 Å². The fourth-order valence-corrected chi connectivity index (χ4v) is 3.39. The number of nitrogens with one attached hydrogen (secondary N) is 1. The fourth-order valence-electron chi connectivity index (χ4n) is 3.39. The average Bonchev–Trinajstić information content (AvgIpc) is 3.13. The number of likely N-dealkylation sites (tertiary alicyclic amines) is 1. The zero-order valence-corrected chi connectivity index (χ0v) is 15.9. The highest BCUT2D eigenvalue weighted by Crippen LogP contribution is 2.30. The molecule has 1 aromatic carbocycles. The summed E-state index contributed by atoms with van der Waals surface area (Å²) >= 11 is 0. The number of carbonyl (C=O) groups excluding carboxylic acids is 2. The molecule has 0 saturated carbocycles. The molecule has 144 valence electrons. The van der Waals surface area contributed by atoms with Gasteiger partial charge in [0.25, 0.3) is 5.91 Å². The SMILES string of the molecule is C=CCOc1cc(C(=O)N2CCCC(C(=O)NC(C)C)C2)cc2occc12. The van der Waals surface area contributed by atoms with Crippen LogP contribution in [0.1, 0.15) is 37.0 Å². The number of benzene rings is 1. The van der Waals surface area contributed by atoms with Crippen molar-refractivity contribution in [3.05, 3.63) is 42.7 Å². The van der Waals surface area contributed by atoms with Gasteiger partial charge >= 0.3 is 0 Å². The second-order valence-corrected chi connectivity index (χ2v) is 7.16. The van der Waals surface area contributed by atoms with E-state index in [9.17, 15) is 9.59 Å². The van der Waals surface area contributed by atoms with Crippen LogP contribution in [-0.4, -0.2) is 42.5 Å². The fraction of sp³-hybridized carbons (Fsp3) is 0.429. The minimum atomic E-state index is -0.172. The molecule has 6 heteroatoms. The third-order valence-corrected chi connectivity index (χ3v) is 4.65. The van der Waals surface area contributed by atoms with Crippen LogP contribution in [0.2, 0.25) is 0 Å². The lowest BCUT2D eigenvalue weighted by molar-refractivity contribution is -0.126. The minimum absolute atomic E-state index is 0.0130. The highest BCUT2D eigenvalue weighted by atomic mass is 16.5. The lowest BCUT2D eigenvalue weighted by atomic mass is 9.96. The van der Waals surface area contributed by atoms with E-state index in [0.717, 1.165) is 18.2 Å². The molecule has 2 amide bonds. The molecule has 6 nitrogen and oxygen atoms in total. The van der Waals surface area contributed by atoms with Crippen LogP contribution in [0, 0.1) is 5.92 Å². The summed E-state index contributed by atoms with van der Waals surface area (Å²) in [5, 5.41) is 3.76. The molecule has 1 unspecified atom stereocenters. The molecule has 0 aliphatic carbocycles. The first-order valence-corrected chi connectivity index (χ1v) is 9.34. The van der Waals surface area contributed by atoms with Crippen molar-refractivity contribution in [1.29, 1.82) is 0 Å². The van der Waals surface area contributed by atoms with Crippen molar-refractivity contribution < 1.29 is 18.7 Å². The summed E-state index contributed by atoms with van der Waals surface area (Å²) in [7, 11) is 0. The Hall–Kier alpha value is -2.76. The molecule has 0 bridgehead atoms. The van der Waals surface area contributed by atoms with E-state index in [1.165, 1.54) is 0 Å². The Morgan fingerprint density at radius 3 is 3.00 bits per heavy atom. The van der Waals surface area contributed by atoms with Gasteiger partial charge in [-0.05, 0) is 44.9 Å². The Balaban J connectivity index is 1.80. The van der Waals surface area contributed by atoms with Crippen molar-refractivity contribution in [3.63, 3.8) is 0 Å². The number of rotatable bonds is 6. The van der Waals surface area contributed by atoms with Gasteiger partial charge in [0.05, 0.1) is 17.6 Å². The van der Waals surface area contributed by atoms with E-state index in [1.807, 2.05) is 19.9 Å². The molecule has 1 aliphatic rings. The smallest absolute Gasteiger partial charge is 0.254 e. The lowest BCUT2D eigenvalue weighted by Gasteiger charge is -2.32. The number of hydrogen-bond donors (Lipinski definition) is 1. The summed E-state index contributed by atoms with van der Waals surface area (Å²) in [6.45, 7) is 8.95. The maximum absolute atomic E-state index is 13.1. The zero-order valence-electron chi connectivity index (χ0n) is 15.9. The first-order chi connectivity index (χ1) is 13.0. The van der Waals surface area contributed by atoms with Crippen LogP contribution in [0.25, 0.3) is 11.0 Å². The summed E-state index contributed by atoms with van der Waals surface area (Å²) in [6.07, 6.45) is 4.84. The first-order valence-electron chi connectivity index (χ1n) is 9.34. The predicted octanol–water partition coefficient (Wildman–Crippen LogP) is 3.37. The van der Waals surface area contributed by atoms with E-state index >= 15 is 0 Å². The number of hydrogen-bond acceptors (Lipinski definition) is 4. The third kappa shape index (κ3) is 4.32. The van der Waals surface area contributed by atoms with E-state index < -0.39 is 0 Å². The van der Waals surface area contributed by atoms with Crippen LogP contribution in [0.5, 0.6) is 5.75 Å². The molecule has 1 aromatic heterocycles. The van der Waals surface area contributed by atoms with E-state index in [-0.39, 0.29) is 23.8 Å². The van der Waals surface area contributed by atoms with Crippen LogP contribution in [0.4, 0.5) is 0 Å². The van der Waals surface area contributed by atoms with E-state index in [0.29, 0.717) is 36.6 Å². The van der Waals surface area contributed by atoms with E-state index in [4.69, 9.17) is 9.15 Å². The highest BCUT2D eigenvalue weighted by Gasteiger charge is 2.29. The van der Waals surface area contributed by atoms with Crippen molar-refractivity contribution in [2.24, 2.45) is 5.92 Å². The van der Waals surface area contributed by atoms with Gasteiger partial charge in [0.15, 0.2) is 0 Å². The Morgan fingerprint density at radius 1 is 1.44 bits per heavy atom. The molecule has 0 spiro atoms. The largest absolute Gasteiger partial charge is 0.489 e. The second kappa shape index (κ2) is 8.29. The van der Waals surface area contributed by atoms with Crippen LogP contribution >= 0.6 is 0 Å². The lowest BCUT2D eigenvalue weighted by Crippen LogP contribution is -2.46. The van der Waals surface area contributed by atoms with Gasteiger partial charge in [0.1, 0.15) is 17.9 Å². The molecule has 0 radical (unpaired) electrons. The number of piperidine rings is 1. The molecule has 1 fully saturated rings. The molecule has 1 saturated heterocycles. The molecule has 1 aliphatic heterocycles. The summed E-state index contributed by atoms with van der Waals surface area (Å²) in [5.41, 5.74) is 1.10. The van der Waals surface area contributed by atoms with Crippen molar-refractivity contribution in [3.8, 4) is 5.75 Å². The van der Waals surface area contributed by atoms with Crippen molar-refractivity contribution in [2.45, 2.75) is 32.7 Å². The van der Waals surface area contributed by atoms with Crippen molar-refractivity contribution in [2.75, 3.05) is 19.7 Å². The van der Waals surface area contributed by atoms with Crippen LogP contribution < -0.4 is 10.1 Å². The number of furan rings is 1. The van der Waals surface area contributed by atoms with Gasteiger partial charge in [-0.15, -0.1) is 0 Å². The standard InChI is InChI=1S/C21H26N2O4/c1-4-9-26-18-11-16(12-19-17(18)7-10-27-19)21(25)23-8-5-6-15(13-23)20(24)22-14(2)3/h4,7,10-12,14-15H,1,5-6,8-9,13H2,2-3H3,(H,22,24).